The number of imidazole rings is 1. The van der Waals surface area contributed by atoms with Crippen LogP contribution in [0.15, 0.2) is 18.5 Å². The fourth-order valence-corrected chi connectivity index (χ4v) is 4.86. The van der Waals surface area contributed by atoms with E-state index in [-0.39, 0.29) is 11.8 Å². The maximum absolute atomic E-state index is 13.0. The number of hydrogen-bond donors (Lipinski definition) is 1. The van der Waals surface area contributed by atoms with Gasteiger partial charge in [-0.25, -0.2) is 9.78 Å². The van der Waals surface area contributed by atoms with Crippen LogP contribution in [-0.4, -0.2) is 57.4 Å². The summed E-state index contributed by atoms with van der Waals surface area (Å²) in [5.41, 5.74) is 2.30. The third kappa shape index (κ3) is 6.82. The minimum absolute atomic E-state index is 0.144. The van der Waals surface area contributed by atoms with Crippen molar-refractivity contribution >= 4 is 11.9 Å². The number of allylic oxidation sites excluding steroid dienone is 2. The van der Waals surface area contributed by atoms with E-state index in [1.165, 1.54) is 31.4 Å². The fourth-order valence-electron chi connectivity index (χ4n) is 4.86. The molecule has 0 bridgehead atoms. The van der Waals surface area contributed by atoms with Gasteiger partial charge in [0.25, 0.3) is 0 Å². The summed E-state index contributed by atoms with van der Waals surface area (Å²) in [4.78, 5) is 28.5. The summed E-state index contributed by atoms with van der Waals surface area (Å²) >= 11 is 0. The molecule has 7 nitrogen and oxygen atoms in total. The highest BCUT2D eigenvalue weighted by molar-refractivity contribution is 5.79. The summed E-state index contributed by atoms with van der Waals surface area (Å²) in [6, 6.07) is 0. The van der Waals surface area contributed by atoms with Crippen LogP contribution in [0, 0.1) is 11.8 Å². The molecule has 1 aliphatic heterocycles. The van der Waals surface area contributed by atoms with Crippen molar-refractivity contribution in [1.82, 2.24) is 14.5 Å². The van der Waals surface area contributed by atoms with E-state index in [1.54, 1.807) is 0 Å². The molecule has 3 aliphatic rings. The van der Waals surface area contributed by atoms with Crippen LogP contribution >= 0.6 is 0 Å². The van der Waals surface area contributed by atoms with Gasteiger partial charge in [0, 0.05) is 37.7 Å². The number of aromatic nitrogens is 2. The Kier molecular flexibility index (Phi) is 8.56. The third-order valence-electron chi connectivity index (χ3n) is 6.55. The van der Waals surface area contributed by atoms with Crippen molar-refractivity contribution in [3.8, 4) is 0 Å². The molecule has 184 valence electrons. The Labute approximate surface area is 191 Å². The minimum Gasteiger partial charge on any atom is -0.475 e. The number of amides is 1. The lowest BCUT2D eigenvalue weighted by Gasteiger charge is -2.35. The molecule has 4 rings (SSSR count). The second kappa shape index (κ2) is 11.2. The molecule has 1 aromatic rings. The van der Waals surface area contributed by atoms with Crippen molar-refractivity contribution in [2.45, 2.75) is 63.6 Å². The summed E-state index contributed by atoms with van der Waals surface area (Å²) < 4.78 is 40.0. The van der Waals surface area contributed by atoms with E-state index in [0.29, 0.717) is 19.1 Å². The van der Waals surface area contributed by atoms with Crippen LogP contribution in [0.25, 0.3) is 0 Å². The molecule has 1 amide bonds. The van der Waals surface area contributed by atoms with Gasteiger partial charge in [-0.2, -0.15) is 13.2 Å². The van der Waals surface area contributed by atoms with Gasteiger partial charge in [0.05, 0.1) is 25.2 Å². The summed E-state index contributed by atoms with van der Waals surface area (Å²) in [7, 11) is 2.05. The predicted molar refractivity (Wildman–Crippen MR) is 114 cm³/mol. The maximum atomic E-state index is 13.0. The normalized spacial score (nSPS) is 23.1. The molecule has 10 heteroatoms. The molecule has 1 fully saturated rings. The Bertz CT molecular complexity index is 846. The van der Waals surface area contributed by atoms with Crippen LogP contribution in [-0.2, 0) is 27.9 Å². The van der Waals surface area contributed by atoms with E-state index < -0.39 is 12.1 Å². The number of hydrogen-bond acceptors (Lipinski definition) is 4. The lowest BCUT2D eigenvalue weighted by atomic mass is 9.91. The monoisotopic (exact) mass is 471 g/mol. The van der Waals surface area contributed by atoms with Crippen molar-refractivity contribution in [3.05, 3.63) is 29.9 Å². The lowest BCUT2D eigenvalue weighted by molar-refractivity contribution is -0.192. The summed E-state index contributed by atoms with van der Waals surface area (Å²) in [5.74, 6) is -1.35. The standard InChI is InChI=1S/C21H31N3O2.C2HF3O2/c1-23-15-22-19-12-24(21(25)17-9-3-2-4-10-17)11-18(20(19)23)14-26-13-16-7-5-6-8-16;3-2(4,5)1(6)7/h2-3,15-18H,4-14H2,1H3;(H,6,7). The minimum atomic E-state index is -5.08. The maximum Gasteiger partial charge on any atom is 0.490 e. The fraction of sp³-hybridized carbons (Fsp3) is 0.696. The smallest absolute Gasteiger partial charge is 0.475 e. The number of aliphatic carboxylic acids is 1. The molecule has 0 spiro atoms. The Balaban J connectivity index is 0.000000383. The largest absolute Gasteiger partial charge is 0.490 e. The number of carboxylic acids is 1. The number of ether oxygens (including phenoxy) is 1. The topological polar surface area (TPSA) is 84.7 Å². The molecule has 0 radical (unpaired) electrons. The Morgan fingerprint density at radius 2 is 1.88 bits per heavy atom. The number of fused-ring (bicyclic) bond motifs is 1. The quantitative estimate of drug-likeness (QED) is 0.656. The Morgan fingerprint density at radius 3 is 2.48 bits per heavy atom. The number of nitrogens with zero attached hydrogens (tertiary/aromatic N) is 3. The molecule has 2 heterocycles. The van der Waals surface area contributed by atoms with Gasteiger partial charge in [0.2, 0.25) is 5.91 Å². The van der Waals surface area contributed by atoms with E-state index in [2.05, 4.69) is 28.8 Å². The van der Waals surface area contributed by atoms with E-state index in [0.717, 1.165) is 44.0 Å². The first-order valence-electron chi connectivity index (χ1n) is 11.5. The van der Waals surface area contributed by atoms with Crippen LogP contribution in [0.4, 0.5) is 13.2 Å². The molecule has 1 aromatic heterocycles. The van der Waals surface area contributed by atoms with Gasteiger partial charge in [0.1, 0.15) is 0 Å². The molecule has 1 N–H and O–H groups in total. The molecule has 0 aromatic carbocycles. The first kappa shape index (κ1) is 25.3. The van der Waals surface area contributed by atoms with Crippen molar-refractivity contribution in [2.24, 2.45) is 18.9 Å². The molecule has 33 heavy (non-hydrogen) atoms. The highest BCUT2D eigenvalue weighted by atomic mass is 19.4. The number of halogens is 3. The third-order valence-corrected chi connectivity index (χ3v) is 6.55. The van der Waals surface area contributed by atoms with Gasteiger partial charge in [-0.05, 0) is 38.0 Å². The van der Waals surface area contributed by atoms with Gasteiger partial charge in [-0.3, -0.25) is 4.79 Å². The predicted octanol–water partition coefficient (Wildman–Crippen LogP) is 4.04. The molecule has 2 aliphatic carbocycles. The van der Waals surface area contributed by atoms with Crippen LogP contribution in [0.2, 0.25) is 0 Å². The van der Waals surface area contributed by atoms with E-state index >= 15 is 0 Å². The van der Waals surface area contributed by atoms with Crippen LogP contribution in [0.3, 0.4) is 0 Å². The number of carbonyl (C=O) groups is 2. The number of carbonyl (C=O) groups excluding carboxylic acids is 1. The van der Waals surface area contributed by atoms with Crippen LogP contribution in [0.1, 0.15) is 62.3 Å². The van der Waals surface area contributed by atoms with Gasteiger partial charge < -0.3 is 19.3 Å². The van der Waals surface area contributed by atoms with E-state index in [9.17, 15) is 18.0 Å². The Hall–Kier alpha value is -2.36. The average Bonchev–Trinajstić information content (AvgIpc) is 3.43. The van der Waals surface area contributed by atoms with Gasteiger partial charge in [-0.15, -0.1) is 0 Å². The summed E-state index contributed by atoms with van der Waals surface area (Å²) in [5, 5.41) is 7.12. The van der Waals surface area contributed by atoms with Crippen molar-refractivity contribution in [2.75, 3.05) is 19.8 Å². The number of rotatable bonds is 5. The van der Waals surface area contributed by atoms with Gasteiger partial charge in [-0.1, -0.05) is 25.0 Å². The van der Waals surface area contributed by atoms with Crippen LogP contribution < -0.4 is 0 Å². The molecule has 1 saturated carbocycles. The number of aryl methyl sites for hydroxylation is 1. The second-order valence-corrected chi connectivity index (χ2v) is 9.08. The summed E-state index contributed by atoms with van der Waals surface area (Å²) in [6.45, 7) is 2.97. The molecule has 2 unspecified atom stereocenters. The molecule has 0 saturated heterocycles. The SMILES string of the molecule is Cn1cnc2c1C(COCC1CCCC1)CN(C(=O)C1CC=CCC1)C2.O=C(O)C(F)(F)F. The average molecular weight is 472 g/mol. The zero-order valence-electron chi connectivity index (χ0n) is 18.9. The zero-order chi connectivity index (χ0) is 24.0. The highest BCUT2D eigenvalue weighted by Gasteiger charge is 2.38. The van der Waals surface area contributed by atoms with E-state index in [4.69, 9.17) is 14.6 Å². The molecule has 2 atom stereocenters. The van der Waals surface area contributed by atoms with Crippen molar-refractivity contribution < 1.29 is 32.6 Å². The summed E-state index contributed by atoms with van der Waals surface area (Å²) in [6.07, 6.45) is 9.34. The van der Waals surface area contributed by atoms with Crippen LogP contribution in [0.5, 0.6) is 0 Å². The lowest BCUT2D eigenvalue weighted by Crippen LogP contribution is -2.43. The first-order chi connectivity index (χ1) is 15.7. The van der Waals surface area contributed by atoms with Crippen molar-refractivity contribution in [3.63, 3.8) is 0 Å². The second-order valence-electron chi connectivity index (χ2n) is 9.08. The first-order valence-corrected chi connectivity index (χ1v) is 11.5. The number of alkyl halides is 3. The highest BCUT2D eigenvalue weighted by Crippen LogP contribution is 2.31. The van der Waals surface area contributed by atoms with E-state index in [1.807, 2.05) is 11.2 Å². The number of carboxylic acid groups (broad SMARTS) is 1. The van der Waals surface area contributed by atoms with Gasteiger partial charge >= 0.3 is 12.1 Å². The zero-order valence-corrected chi connectivity index (χ0v) is 18.9. The van der Waals surface area contributed by atoms with Gasteiger partial charge in [0.15, 0.2) is 0 Å². The Morgan fingerprint density at radius 1 is 1.18 bits per heavy atom. The molecular formula is C23H32F3N3O4. The molecular weight excluding hydrogens is 439 g/mol. The van der Waals surface area contributed by atoms with Crippen molar-refractivity contribution in [1.29, 1.82) is 0 Å².